The Kier molecular flexibility index (Phi) is 7.70. The van der Waals surface area contributed by atoms with Crippen molar-refractivity contribution in [3.8, 4) is 6.07 Å². The molecular formula is C18H35N3. The lowest BCUT2D eigenvalue weighted by Gasteiger charge is -2.34. The molecule has 3 atom stereocenters. The molecule has 122 valence electrons. The molecule has 0 radical (unpaired) electrons. The van der Waals surface area contributed by atoms with Crippen LogP contribution >= 0.6 is 0 Å². The van der Waals surface area contributed by atoms with Crippen LogP contribution in [0.1, 0.15) is 73.1 Å². The molecule has 1 aliphatic rings. The first kappa shape index (κ1) is 18.5. The molecule has 0 aromatic rings. The van der Waals surface area contributed by atoms with Crippen molar-refractivity contribution in [3.05, 3.63) is 0 Å². The van der Waals surface area contributed by atoms with Gasteiger partial charge in [-0.3, -0.25) is 5.32 Å². The van der Waals surface area contributed by atoms with E-state index in [1.807, 2.05) is 6.92 Å². The maximum atomic E-state index is 9.52. The van der Waals surface area contributed by atoms with E-state index in [9.17, 15) is 5.26 Å². The summed E-state index contributed by atoms with van der Waals surface area (Å²) in [6.45, 7) is 13.3. The van der Waals surface area contributed by atoms with Gasteiger partial charge in [0.15, 0.2) is 0 Å². The Morgan fingerprint density at radius 3 is 2.57 bits per heavy atom. The molecule has 1 rings (SSSR count). The van der Waals surface area contributed by atoms with Gasteiger partial charge in [0.1, 0.15) is 5.54 Å². The predicted molar refractivity (Wildman–Crippen MR) is 90.2 cm³/mol. The van der Waals surface area contributed by atoms with Gasteiger partial charge in [0.25, 0.3) is 0 Å². The first-order valence-electron chi connectivity index (χ1n) is 8.83. The predicted octanol–water partition coefficient (Wildman–Crippen LogP) is 3.95. The molecule has 1 saturated heterocycles. The summed E-state index contributed by atoms with van der Waals surface area (Å²) in [6.07, 6.45) is 7.63. The summed E-state index contributed by atoms with van der Waals surface area (Å²) in [5, 5.41) is 13.0. The summed E-state index contributed by atoms with van der Waals surface area (Å²) < 4.78 is 0. The van der Waals surface area contributed by atoms with Crippen molar-refractivity contribution >= 4 is 0 Å². The smallest absolute Gasteiger partial charge is 0.105 e. The molecule has 3 nitrogen and oxygen atoms in total. The molecule has 0 spiro atoms. The van der Waals surface area contributed by atoms with Crippen molar-refractivity contribution in [2.45, 2.75) is 90.8 Å². The number of likely N-dealkylation sites (tertiary alicyclic amines) is 1. The SMILES string of the molecule is CCCC1CCCN(C(C)CC(C)(C#N)NC(C)C)CC1. The minimum atomic E-state index is -0.414. The standard InChI is InChI=1S/C18H35N3/c1-6-8-17-9-7-11-21(12-10-17)16(4)13-18(5,14-19)20-15(2)3/h15-17,20H,6-13H2,1-5H3. The number of hydrogen-bond donors (Lipinski definition) is 1. The lowest BCUT2D eigenvalue weighted by atomic mass is 9.93. The quantitative estimate of drug-likeness (QED) is 0.772. The van der Waals surface area contributed by atoms with E-state index in [4.69, 9.17) is 0 Å². The maximum Gasteiger partial charge on any atom is 0.105 e. The van der Waals surface area contributed by atoms with Crippen molar-refractivity contribution < 1.29 is 0 Å². The third kappa shape index (κ3) is 6.36. The monoisotopic (exact) mass is 293 g/mol. The lowest BCUT2D eigenvalue weighted by Crippen LogP contribution is -2.49. The number of hydrogen-bond acceptors (Lipinski definition) is 3. The van der Waals surface area contributed by atoms with Crippen LogP contribution in [0.25, 0.3) is 0 Å². The summed E-state index contributed by atoms with van der Waals surface area (Å²) in [6, 6.07) is 3.31. The van der Waals surface area contributed by atoms with Crippen molar-refractivity contribution in [2.24, 2.45) is 5.92 Å². The Labute approximate surface area is 132 Å². The van der Waals surface area contributed by atoms with Gasteiger partial charge in [-0.2, -0.15) is 5.26 Å². The van der Waals surface area contributed by atoms with Crippen LogP contribution in [0.2, 0.25) is 0 Å². The largest absolute Gasteiger partial charge is 0.301 e. The highest BCUT2D eigenvalue weighted by molar-refractivity contribution is 5.06. The zero-order chi connectivity index (χ0) is 15.9. The van der Waals surface area contributed by atoms with Gasteiger partial charge in [-0.25, -0.2) is 0 Å². The highest BCUT2D eigenvalue weighted by Gasteiger charge is 2.30. The van der Waals surface area contributed by atoms with Crippen molar-refractivity contribution in [1.82, 2.24) is 10.2 Å². The topological polar surface area (TPSA) is 39.1 Å². The third-order valence-corrected chi connectivity index (χ3v) is 4.76. The van der Waals surface area contributed by atoms with E-state index < -0.39 is 5.54 Å². The second-order valence-corrected chi connectivity index (χ2v) is 7.42. The zero-order valence-corrected chi connectivity index (χ0v) is 14.8. The minimum absolute atomic E-state index is 0.347. The molecule has 0 saturated carbocycles. The van der Waals surface area contributed by atoms with Crippen LogP contribution in [0, 0.1) is 17.2 Å². The summed E-state index contributed by atoms with van der Waals surface area (Å²) in [4.78, 5) is 2.60. The van der Waals surface area contributed by atoms with Crippen LogP contribution in [0.3, 0.4) is 0 Å². The summed E-state index contributed by atoms with van der Waals surface area (Å²) in [7, 11) is 0. The van der Waals surface area contributed by atoms with E-state index in [1.54, 1.807) is 0 Å². The highest BCUT2D eigenvalue weighted by Crippen LogP contribution is 2.25. The average Bonchev–Trinajstić information content (AvgIpc) is 2.64. The maximum absolute atomic E-state index is 9.52. The molecule has 1 N–H and O–H groups in total. The fraction of sp³-hybridized carbons (Fsp3) is 0.944. The average molecular weight is 293 g/mol. The molecule has 0 bridgehead atoms. The Morgan fingerprint density at radius 2 is 2.00 bits per heavy atom. The fourth-order valence-corrected chi connectivity index (χ4v) is 3.82. The van der Waals surface area contributed by atoms with Gasteiger partial charge >= 0.3 is 0 Å². The van der Waals surface area contributed by atoms with Crippen LogP contribution in [-0.2, 0) is 0 Å². The molecular weight excluding hydrogens is 258 g/mol. The summed E-state index contributed by atoms with van der Waals surface area (Å²) >= 11 is 0. The van der Waals surface area contributed by atoms with E-state index >= 15 is 0 Å². The van der Waals surface area contributed by atoms with Crippen LogP contribution in [-0.4, -0.2) is 35.6 Å². The van der Waals surface area contributed by atoms with Crippen LogP contribution in [0.5, 0.6) is 0 Å². The van der Waals surface area contributed by atoms with E-state index in [0.717, 1.165) is 12.3 Å². The normalized spacial score (nSPS) is 25.1. The van der Waals surface area contributed by atoms with Gasteiger partial charge in [0, 0.05) is 12.1 Å². The van der Waals surface area contributed by atoms with E-state index in [-0.39, 0.29) is 0 Å². The number of rotatable bonds is 7. The van der Waals surface area contributed by atoms with E-state index in [0.29, 0.717) is 12.1 Å². The summed E-state index contributed by atoms with van der Waals surface area (Å²) in [5.41, 5.74) is -0.414. The lowest BCUT2D eigenvalue weighted by molar-refractivity contribution is 0.177. The van der Waals surface area contributed by atoms with Crippen molar-refractivity contribution in [1.29, 1.82) is 5.26 Å². The molecule has 0 aromatic heterocycles. The first-order valence-corrected chi connectivity index (χ1v) is 8.83. The van der Waals surface area contributed by atoms with Gasteiger partial charge in [0.2, 0.25) is 0 Å². The molecule has 0 aromatic carbocycles. The van der Waals surface area contributed by atoms with E-state index in [1.165, 1.54) is 45.2 Å². The molecule has 0 aliphatic carbocycles. The van der Waals surface area contributed by atoms with Crippen molar-refractivity contribution in [2.75, 3.05) is 13.1 Å². The van der Waals surface area contributed by atoms with Gasteiger partial charge in [-0.15, -0.1) is 0 Å². The second kappa shape index (κ2) is 8.76. The van der Waals surface area contributed by atoms with Gasteiger partial charge in [-0.05, 0) is 72.4 Å². The van der Waals surface area contributed by atoms with Crippen LogP contribution < -0.4 is 5.32 Å². The van der Waals surface area contributed by atoms with Crippen LogP contribution in [0.4, 0.5) is 0 Å². The number of nitriles is 1. The molecule has 21 heavy (non-hydrogen) atoms. The third-order valence-electron chi connectivity index (χ3n) is 4.76. The summed E-state index contributed by atoms with van der Waals surface area (Å²) in [5.74, 6) is 0.920. The molecule has 3 heteroatoms. The number of nitrogens with zero attached hydrogens (tertiary/aromatic N) is 2. The van der Waals surface area contributed by atoms with Crippen LogP contribution in [0.15, 0.2) is 0 Å². The Hall–Kier alpha value is -0.590. The zero-order valence-electron chi connectivity index (χ0n) is 14.8. The van der Waals surface area contributed by atoms with E-state index in [2.05, 4.69) is 44.0 Å². The highest BCUT2D eigenvalue weighted by atomic mass is 15.2. The second-order valence-electron chi connectivity index (χ2n) is 7.42. The fourth-order valence-electron chi connectivity index (χ4n) is 3.82. The Bertz CT molecular complexity index is 334. The number of nitrogens with one attached hydrogen (secondary N) is 1. The molecule has 3 unspecified atom stereocenters. The molecule has 0 amide bonds. The van der Waals surface area contributed by atoms with Crippen molar-refractivity contribution in [3.63, 3.8) is 0 Å². The molecule has 1 heterocycles. The minimum Gasteiger partial charge on any atom is -0.301 e. The molecule has 1 aliphatic heterocycles. The van der Waals surface area contributed by atoms with Gasteiger partial charge in [0.05, 0.1) is 6.07 Å². The Balaban J connectivity index is 2.54. The van der Waals surface area contributed by atoms with Gasteiger partial charge in [-0.1, -0.05) is 19.8 Å². The molecule has 1 fully saturated rings. The Morgan fingerprint density at radius 1 is 1.29 bits per heavy atom. The van der Waals surface area contributed by atoms with Gasteiger partial charge < -0.3 is 4.90 Å². The first-order chi connectivity index (χ1) is 9.90.